The molecule has 0 unspecified atom stereocenters. The predicted molar refractivity (Wildman–Crippen MR) is 72.4 cm³/mol. The van der Waals surface area contributed by atoms with Crippen LogP contribution in [0.2, 0.25) is 0 Å². The molecule has 0 aliphatic rings. The molecule has 2 aromatic rings. The monoisotopic (exact) mass is 319 g/mol. The summed E-state index contributed by atoms with van der Waals surface area (Å²) in [6.07, 6.45) is 1.21. The maximum atomic E-state index is 12.2. The molecule has 0 atom stereocenters. The second kappa shape index (κ2) is 5.80. The number of aryl methyl sites for hydroxylation is 1. The fraction of sp³-hybridized carbons (Fsp3) is 0.182. The Labute approximate surface area is 118 Å². The molecular weight excluding hydrogens is 308 g/mol. The van der Waals surface area contributed by atoms with Crippen molar-refractivity contribution >= 4 is 27.5 Å². The van der Waals surface area contributed by atoms with Crippen LogP contribution in [0.1, 0.15) is 5.82 Å². The van der Waals surface area contributed by atoms with Crippen molar-refractivity contribution < 1.29 is 17.2 Å². The van der Waals surface area contributed by atoms with E-state index in [4.69, 9.17) is 0 Å². The summed E-state index contributed by atoms with van der Waals surface area (Å²) in [7, 11) is -3.75. The van der Waals surface area contributed by atoms with Crippen LogP contribution in [0.5, 0.6) is 0 Å². The number of sulfonamides is 1. The van der Waals surface area contributed by atoms with Gasteiger partial charge in [-0.15, -0.1) is 0 Å². The summed E-state index contributed by atoms with van der Waals surface area (Å²) in [4.78, 5) is 6.78. The Bertz CT molecular complexity index is 684. The second-order valence-corrected chi connectivity index (χ2v) is 6.56. The number of rotatable bonds is 5. The summed E-state index contributed by atoms with van der Waals surface area (Å²) in [5, 5.41) is -0.0546. The number of nitrogens with one attached hydrogen (secondary N) is 2. The summed E-state index contributed by atoms with van der Waals surface area (Å²) in [5.74, 6) is -2.03. The molecule has 2 rings (SSSR count). The standard InChI is InChI=1S/C11H11F2N3O2S2/c1-7-14-6-10(15-7)20(17,18)16-8-2-4-9(5-3-8)19-11(12)13/h2-6,11,16H,1H3,(H,14,15). The van der Waals surface area contributed by atoms with Crippen molar-refractivity contribution in [3.8, 4) is 0 Å². The molecule has 0 saturated carbocycles. The van der Waals surface area contributed by atoms with Gasteiger partial charge >= 0.3 is 0 Å². The molecule has 0 radical (unpaired) electrons. The molecule has 0 fully saturated rings. The summed E-state index contributed by atoms with van der Waals surface area (Å²) in [6, 6.07) is 5.69. The molecule has 1 aromatic carbocycles. The highest BCUT2D eigenvalue weighted by Crippen LogP contribution is 2.26. The lowest BCUT2D eigenvalue weighted by atomic mass is 10.3. The summed E-state index contributed by atoms with van der Waals surface area (Å²) in [5.41, 5.74) is 0.288. The van der Waals surface area contributed by atoms with Gasteiger partial charge in [0, 0.05) is 10.6 Å². The first-order valence-electron chi connectivity index (χ1n) is 5.46. The number of imidazole rings is 1. The number of hydrogen-bond acceptors (Lipinski definition) is 4. The molecule has 0 spiro atoms. The first-order chi connectivity index (χ1) is 9.37. The molecular formula is C11H11F2N3O2S2. The molecule has 20 heavy (non-hydrogen) atoms. The Morgan fingerprint density at radius 3 is 2.45 bits per heavy atom. The van der Waals surface area contributed by atoms with Crippen molar-refractivity contribution in [2.75, 3.05) is 4.72 Å². The third-order valence-electron chi connectivity index (χ3n) is 2.30. The van der Waals surface area contributed by atoms with E-state index in [1.54, 1.807) is 6.92 Å². The molecule has 0 aliphatic carbocycles. The van der Waals surface area contributed by atoms with Crippen LogP contribution >= 0.6 is 11.8 Å². The van der Waals surface area contributed by atoms with Gasteiger partial charge in [0.1, 0.15) is 5.82 Å². The zero-order valence-electron chi connectivity index (χ0n) is 10.3. The highest BCUT2D eigenvalue weighted by molar-refractivity contribution is 7.99. The van der Waals surface area contributed by atoms with E-state index < -0.39 is 15.8 Å². The number of halogens is 2. The normalized spacial score (nSPS) is 11.8. The van der Waals surface area contributed by atoms with Crippen molar-refractivity contribution in [2.45, 2.75) is 22.6 Å². The molecule has 108 valence electrons. The van der Waals surface area contributed by atoms with Gasteiger partial charge in [-0.2, -0.15) is 17.2 Å². The average Bonchev–Trinajstić information content (AvgIpc) is 2.78. The van der Waals surface area contributed by atoms with Crippen molar-refractivity contribution in [1.29, 1.82) is 0 Å². The number of hydrogen-bond donors (Lipinski definition) is 2. The number of aromatic nitrogens is 2. The van der Waals surface area contributed by atoms with Gasteiger partial charge in [0.25, 0.3) is 15.8 Å². The van der Waals surface area contributed by atoms with Gasteiger partial charge < -0.3 is 4.98 Å². The van der Waals surface area contributed by atoms with Gasteiger partial charge in [0.2, 0.25) is 0 Å². The lowest BCUT2D eigenvalue weighted by Gasteiger charge is -2.07. The Morgan fingerprint density at radius 2 is 1.95 bits per heavy atom. The number of benzene rings is 1. The van der Waals surface area contributed by atoms with Crippen LogP contribution in [0.25, 0.3) is 0 Å². The maximum absolute atomic E-state index is 12.2. The van der Waals surface area contributed by atoms with E-state index in [1.807, 2.05) is 0 Å². The Morgan fingerprint density at radius 1 is 1.30 bits per heavy atom. The lowest BCUT2D eigenvalue weighted by Crippen LogP contribution is -2.13. The molecule has 9 heteroatoms. The highest BCUT2D eigenvalue weighted by Gasteiger charge is 2.16. The van der Waals surface area contributed by atoms with Crippen LogP contribution < -0.4 is 4.72 Å². The Balaban J connectivity index is 2.13. The molecule has 1 heterocycles. The predicted octanol–water partition coefficient (Wildman–Crippen LogP) is 2.83. The topological polar surface area (TPSA) is 74.8 Å². The van der Waals surface area contributed by atoms with Crippen LogP contribution in [0, 0.1) is 6.92 Å². The highest BCUT2D eigenvalue weighted by atomic mass is 32.2. The van der Waals surface area contributed by atoms with Gasteiger partial charge in [-0.1, -0.05) is 11.8 Å². The van der Waals surface area contributed by atoms with Crippen LogP contribution in [-0.2, 0) is 10.0 Å². The summed E-state index contributed by atoms with van der Waals surface area (Å²) in [6.45, 7) is 1.63. The average molecular weight is 319 g/mol. The molecule has 1 aromatic heterocycles. The minimum Gasteiger partial charge on any atom is -0.332 e. The van der Waals surface area contributed by atoms with E-state index in [0.29, 0.717) is 22.5 Å². The zero-order valence-corrected chi connectivity index (χ0v) is 11.9. The van der Waals surface area contributed by atoms with Gasteiger partial charge in [-0.25, -0.2) is 4.98 Å². The minimum atomic E-state index is -3.75. The SMILES string of the molecule is Cc1ncc(S(=O)(=O)Nc2ccc(SC(F)F)cc2)[nH]1. The maximum Gasteiger partial charge on any atom is 0.288 e. The van der Waals surface area contributed by atoms with Crippen LogP contribution in [0.15, 0.2) is 40.4 Å². The molecule has 5 nitrogen and oxygen atoms in total. The quantitative estimate of drug-likeness (QED) is 0.831. The third-order valence-corrected chi connectivity index (χ3v) is 4.31. The number of alkyl halides is 2. The van der Waals surface area contributed by atoms with Crippen molar-refractivity contribution in [2.24, 2.45) is 0 Å². The Hall–Kier alpha value is -1.61. The number of aromatic amines is 1. The fourth-order valence-electron chi connectivity index (χ4n) is 1.45. The number of thioether (sulfide) groups is 1. The molecule has 0 saturated heterocycles. The Kier molecular flexibility index (Phi) is 4.29. The molecule has 2 N–H and O–H groups in total. The number of nitrogens with zero attached hydrogens (tertiary/aromatic N) is 1. The largest absolute Gasteiger partial charge is 0.332 e. The van der Waals surface area contributed by atoms with Crippen molar-refractivity contribution in [1.82, 2.24) is 9.97 Å². The van der Waals surface area contributed by atoms with Crippen LogP contribution in [0.4, 0.5) is 14.5 Å². The van der Waals surface area contributed by atoms with E-state index in [-0.39, 0.29) is 10.7 Å². The second-order valence-electron chi connectivity index (χ2n) is 3.84. The van der Waals surface area contributed by atoms with Gasteiger partial charge in [0.05, 0.1) is 6.20 Å². The van der Waals surface area contributed by atoms with Gasteiger partial charge in [-0.3, -0.25) is 4.72 Å². The van der Waals surface area contributed by atoms with Crippen molar-refractivity contribution in [3.05, 3.63) is 36.3 Å². The molecule has 0 aliphatic heterocycles. The first kappa shape index (κ1) is 14.8. The fourth-order valence-corrected chi connectivity index (χ4v) is 2.98. The van der Waals surface area contributed by atoms with Gasteiger partial charge in [-0.05, 0) is 31.2 Å². The van der Waals surface area contributed by atoms with Crippen LogP contribution in [-0.4, -0.2) is 24.1 Å². The van der Waals surface area contributed by atoms with E-state index >= 15 is 0 Å². The molecule has 0 amide bonds. The third kappa shape index (κ3) is 3.70. The molecule has 0 bridgehead atoms. The van der Waals surface area contributed by atoms with E-state index in [2.05, 4.69) is 14.7 Å². The number of H-pyrrole nitrogens is 1. The number of anilines is 1. The van der Waals surface area contributed by atoms with Crippen molar-refractivity contribution in [3.63, 3.8) is 0 Å². The minimum absolute atomic E-state index is 0.0546. The zero-order chi connectivity index (χ0) is 14.8. The van der Waals surface area contributed by atoms with Crippen LogP contribution in [0.3, 0.4) is 0 Å². The summed E-state index contributed by atoms with van der Waals surface area (Å²) >= 11 is 0.398. The van der Waals surface area contributed by atoms with Gasteiger partial charge in [0.15, 0.2) is 5.03 Å². The van der Waals surface area contributed by atoms with E-state index in [0.717, 1.165) is 0 Å². The smallest absolute Gasteiger partial charge is 0.288 e. The van der Waals surface area contributed by atoms with E-state index in [9.17, 15) is 17.2 Å². The first-order valence-corrected chi connectivity index (χ1v) is 7.82. The summed E-state index contributed by atoms with van der Waals surface area (Å²) < 4.78 is 50.6. The lowest BCUT2D eigenvalue weighted by molar-refractivity contribution is 0.252. The van der Waals surface area contributed by atoms with E-state index in [1.165, 1.54) is 30.5 Å².